The Kier molecular flexibility index (Phi) is 7.73. The van der Waals surface area contributed by atoms with Crippen LogP contribution in [0.3, 0.4) is 0 Å². The van der Waals surface area contributed by atoms with Crippen molar-refractivity contribution in [2.45, 2.75) is 39.3 Å². The third-order valence-electron chi connectivity index (χ3n) is 4.36. The molecular formula is C19H29N3O3. The fourth-order valence-corrected chi connectivity index (χ4v) is 2.88. The molecule has 1 aliphatic rings. The largest absolute Gasteiger partial charge is 0.445 e. The second-order valence-corrected chi connectivity index (χ2v) is 6.77. The number of hydrogen-bond donors (Lipinski definition) is 2. The predicted octanol–water partition coefficient (Wildman–Crippen LogP) is 2.15. The molecular weight excluding hydrogens is 318 g/mol. The molecule has 1 fully saturated rings. The van der Waals surface area contributed by atoms with Crippen molar-refractivity contribution in [1.82, 2.24) is 15.5 Å². The molecule has 0 unspecified atom stereocenters. The maximum Gasteiger partial charge on any atom is 0.408 e. The average molecular weight is 347 g/mol. The molecule has 0 spiro atoms. The van der Waals surface area contributed by atoms with Gasteiger partial charge in [0.2, 0.25) is 5.91 Å². The van der Waals surface area contributed by atoms with Crippen molar-refractivity contribution in [2.75, 3.05) is 26.2 Å². The van der Waals surface area contributed by atoms with Crippen LogP contribution in [0.2, 0.25) is 0 Å². The highest BCUT2D eigenvalue weighted by atomic mass is 16.5. The fourth-order valence-electron chi connectivity index (χ4n) is 2.88. The molecule has 0 saturated carbocycles. The molecule has 138 valence electrons. The zero-order valence-corrected chi connectivity index (χ0v) is 15.2. The first-order valence-corrected chi connectivity index (χ1v) is 9.03. The van der Waals surface area contributed by atoms with Crippen molar-refractivity contribution in [3.63, 3.8) is 0 Å². The lowest BCUT2D eigenvalue weighted by Crippen LogP contribution is -2.50. The van der Waals surface area contributed by atoms with Crippen LogP contribution in [0.1, 0.15) is 32.3 Å². The third kappa shape index (κ3) is 6.74. The van der Waals surface area contributed by atoms with Gasteiger partial charge in [-0.2, -0.15) is 0 Å². The van der Waals surface area contributed by atoms with Gasteiger partial charge in [-0.15, -0.1) is 0 Å². The Hall–Kier alpha value is -2.08. The summed E-state index contributed by atoms with van der Waals surface area (Å²) in [4.78, 5) is 26.7. The Bertz CT molecular complexity index is 542. The highest BCUT2D eigenvalue weighted by molar-refractivity contribution is 5.85. The van der Waals surface area contributed by atoms with Crippen molar-refractivity contribution in [1.29, 1.82) is 0 Å². The van der Waals surface area contributed by atoms with Gasteiger partial charge in [-0.05, 0) is 37.4 Å². The van der Waals surface area contributed by atoms with Crippen LogP contribution in [0, 0.1) is 5.92 Å². The first-order valence-electron chi connectivity index (χ1n) is 9.03. The van der Waals surface area contributed by atoms with Gasteiger partial charge in [0.1, 0.15) is 12.6 Å². The molecule has 1 aliphatic heterocycles. The molecule has 1 aromatic rings. The van der Waals surface area contributed by atoms with Crippen LogP contribution < -0.4 is 10.6 Å². The third-order valence-corrected chi connectivity index (χ3v) is 4.36. The second-order valence-electron chi connectivity index (χ2n) is 6.77. The van der Waals surface area contributed by atoms with E-state index < -0.39 is 12.1 Å². The maximum atomic E-state index is 12.4. The summed E-state index contributed by atoms with van der Waals surface area (Å²) in [5.41, 5.74) is 0.911. The highest BCUT2D eigenvalue weighted by Gasteiger charge is 2.24. The van der Waals surface area contributed by atoms with Crippen molar-refractivity contribution in [3.8, 4) is 0 Å². The number of nitrogens with one attached hydrogen (secondary N) is 2. The van der Waals surface area contributed by atoms with Crippen LogP contribution in [-0.4, -0.2) is 49.1 Å². The number of nitrogens with zero attached hydrogens (tertiary/aromatic N) is 1. The van der Waals surface area contributed by atoms with E-state index >= 15 is 0 Å². The highest BCUT2D eigenvalue weighted by Crippen LogP contribution is 2.07. The molecule has 2 rings (SSSR count). The Balaban J connectivity index is 1.74. The molecule has 6 heteroatoms. The first kappa shape index (κ1) is 19.2. The predicted molar refractivity (Wildman–Crippen MR) is 97.1 cm³/mol. The van der Waals surface area contributed by atoms with E-state index in [1.165, 1.54) is 12.8 Å². The Morgan fingerprint density at radius 1 is 1.16 bits per heavy atom. The second kappa shape index (κ2) is 10.0. The van der Waals surface area contributed by atoms with Gasteiger partial charge in [0.05, 0.1) is 0 Å². The number of alkyl carbamates (subject to hydrolysis) is 1. The zero-order valence-electron chi connectivity index (χ0n) is 15.2. The van der Waals surface area contributed by atoms with Gasteiger partial charge >= 0.3 is 6.09 Å². The zero-order chi connectivity index (χ0) is 18.1. The van der Waals surface area contributed by atoms with Crippen molar-refractivity contribution < 1.29 is 14.3 Å². The molecule has 0 aliphatic carbocycles. The topological polar surface area (TPSA) is 70.7 Å². The summed E-state index contributed by atoms with van der Waals surface area (Å²) in [7, 11) is 0. The lowest BCUT2D eigenvalue weighted by molar-refractivity contribution is -0.124. The molecule has 2 amide bonds. The Labute approximate surface area is 149 Å². The molecule has 1 atom stereocenters. The fraction of sp³-hybridized carbons (Fsp3) is 0.579. The monoisotopic (exact) mass is 347 g/mol. The summed E-state index contributed by atoms with van der Waals surface area (Å²) >= 11 is 0. The molecule has 2 N–H and O–H groups in total. The summed E-state index contributed by atoms with van der Waals surface area (Å²) in [5.74, 6) is -0.179. The molecule has 1 aromatic carbocycles. The first-order chi connectivity index (χ1) is 12.1. The minimum Gasteiger partial charge on any atom is -0.445 e. The van der Waals surface area contributed by atoms with E-state index in [1.54, 1.807) is 0 Å². The quantitative estimate of drug-likeness (QED) is 0.756. The van der Waals surface area contributed by atoms with Crippen LogP contribution in [0.5, 0.6) is 0 Å². The minimum absolute atomic E-state index is 0.0175. The van der Waals surface area contributed by atoms with Crippen molar-refractivity contribution >= 4 is 12.0 Å². The van der Waals surface area contributed by atoms with E-state index in [0.717, 1.165) is 25.2 Å². The lowest BCUT2D eigenvalue weighted by atomic mass is 10.0. The van der Waals surface area contributed by atoms with Gasteiger partial charge in [-0.1, -0.05) is 44.2 Å². The summed E-state index contributed by atoms with van der Waals surface area (Å²) in [6, 6.07) is 8.87. The number of amides is 2. The number of likely N-dealkylation sites (tertiary alicyclic amines) is 1. The van der Waals surface area contributed by atoms with Crippen LogP contribution in [-0.2, 0) is 16.1 Å². The molecule has 0 bridgehead atoms. The Morgan fingerprint density at radius 3 is 2.48 bits per heavy atom. The molecule has 25 heavy (non-hydrogen) atoms. The summed E-state index contributed by atoms with van der Waals surface area (Å²) in [5, 5.41) is 5.60. The van der Waals surface area contributed by atoms with Gasteiger partial charge in [0, 0.05) is 13.1 Å². The average Bonchev–Trinajstić information content (AvgIpc) is 3.12. The molecule has 1 saturated heterocycles. The number of ether oxygens (including phenoxy) is 1. The number of carbonyl (C=O) groups is 2. The van der Waals surface area contributed by atoms with Crippen molar-refractivity contribution in [2.24, 2.45) is 5.92 Å². The molecule has 1 heterocycles. The normalized spacial score (nSPS) is 15.8. The lowest BCUT2D eigenvalue weighted by Gasteiger charge is -2.22. The smallest absolute Gasteiger partial charge is 0.408 e. The van der Waals surface area contributed by atoms with E-state index in [2.05, 4.69) is 15.5 Å². The number of rotatable bonds is 8. The Morgan fingerprint density at radius 2 is 1.84 bits per heavy atom. The van der Waals surface area contributed by atoms with E-state index in [9.17, 15) is 9.59 Å². The number of benzene rings is 1. The van der Waals surface area contributed by atoms with Gasteiger partial charge in [0.15, 0.2) is 0 Å². The van der Waals surface area contributed by atoms with E-state index in [-0.39, 0.29) is 18.4 Å². The SMILES string of the molecule is CC(C)[C@H](NC(=O)OCc1ccccc1)C(=O)NCCN1CCCC1. The van der Waals surface area contributed by atoms with Crippen LogP contribution in [0.15, 0.2) is 30.3 Å². The van der Waals surface area contributed by atoms with E-state index in [0.29, 0.717) is 6.54 Å². The minimum atomic E-state index is -0.596. The molecule has 0 aromatic heterocycles. The number of carbonyl (C=O) groups excluding carboxylic acids is 2. The molecule has 6 nitrogen and oxygen atoms in total. The van der Waals surface area contributed by atoms with Crippen LogP contribution in [0.25, 0.3) is 0 Å². The van der Waals surface area contributed by atoms with Crippen molar-refractivity contribution in [3.05, 3.63) is 35.9 Å². The van der Waals surface area contributed by atoms with Gasteiger partial charge in [-0.3, -0.25) is 4.79 Å². The standard InChI is InChI=1S/C19H29N3O3/c1-15(2)17(18(23)20-10-13-22-11-6-7-12-22)21-19(24)25-14-16-8-4-3-5-9-16/h3-5,8-9,15,17H,6-7,10-14H2,1-2H3,(H,20,23)(H,21,24)/t17-/m0/s1. The van der Waals surface area contributed by atoms with E-state index in [4.69, 9.17) is 4.74 Å². The summed E-state index contributed by atoms with van der Waals surface area (Å²) in [6.07, 6.45) is 1.90. The molecule has 0 radical (unpaired) electrons. The summed E-state index contributed by atoms with van der Waals surface area (Å²) < 4.78 is 5.21. The number of hydrogen-bond acceptors (Lipinski definition) is 4. The van der Waals surface area contributed by atoms with Gasteiger partial charge in [0.25, 0.3) is 0 Å². The van der Waals surface area contributed by atoms with Crippen LogP contribution in [0.4, 0.5) is 4.79 Å². The van der Waals surface area contributed by atoms with Crippen LogP contribution >= 0.6 is 0 Å². The maximum absolute atomic E-state index is 12.4. The summed E-state index contributed by atoms with van der Waals surface area (Å²) in [6.45, 7) is 7.66. The van der Waals surface area contributed by atoms with Gasteiger partial charge in [-0.25, -0.2) is 4.79 Å². The van der Waals surface area contributed by atoms with E-state index in [1.807, 2.05) is 44.2 Å². The van der Waals surface area contributed by atoms with Gasteiger partial charge < -0.3 is 20.3 Å².